The number of aromatic nitrogens is 2. The number of benzene rings is 3. The highest BCUT2D eigenvalue weighted by molar-refractivity contribution is 6.35. The lowest BCUT2D eigenvalue weighted by atomic mass is 10.0. The van der Waals surface area contributed by atoms with Gasteiger partial charge in [0.2, 0.25) is 0 Å². The molecule has 0 bridgehead atoms. The fraction of sp³-hybridized carbons (Fsp3) is 0.105. The minimum Gasteiger partial charge on any atom is -0.338 e. The third-order valence-corrected chi connectivity index (χ3v) is 4.38. The van der Waals surface area contributed by atoms with E-state index in [9.17, 15) is 0 Å². The average molecular weight is 307 g/mol. The maximum absolute atomic E-state index is 6.31. The quantitative estimate of drug-likeness (QED) is 0.483. The molecule has 0 amide bonds. The van der Waals surface area contributed by atoms with Crippen LogP contribution < -0.4 is 0 Å². The van der Waals surface area contributed by atoms with Crippen molar-refractivity contribution >= 4 is 33.4 Å². The molecule has 0 unspecified atom stereocenters. The molecule has 22 heavy (non-hydrogen) atoms. The summed E-state index contributed by atoms with van der Waals surface area (Å²) >= 11 is 6.31. The molecule has 0 atom stereocenters. The van der Waals surface area contributed by atoms with Gasteiger partial charge in [-0.1, -0.05) is 48.0 Å². The van der Waals surface area contributed by atoms with Gasteiger partial charge in [-0.15, -0.1) is 0 Å². The van der Waals surface area contributed by atoms with Crippen LogP contribution in [0.1, 0.15) is 11.1 Å². The number of aromatic amines is 1. The molecular weight excluding hydrogens is 292 g/mol. The van der Waals surface area contributed by atoms with E-state index in [2.05, 4.69) is 43.1 Å². The van der Waals surface area contributed by atoms with E-state index >= 15 is 0 Å². The molecule has 108 valence electrons. The Labute approximate surface area is 133 Å². The monoisotopic (exact) mass is 306 g/mol. The standard InChI is InChI=1S/C19H15ClN2/c1-11-9-12(2)18-17(10-11)21-19(22-18)15-7-3-6-14-13(15)5-4-8-16(14)20/h3-10H,1-2H3,(H,21,22). The first-order chi connectivity index (χ1) is 10.6. The van der Waals surface area contributed by atoms with Crippen molar-refractivity contribution < 1.29 is 0 Å². The number of halogens is 1. The lowest BCUT2D eigenvalue weighted by Crippen LogP contribution is -1.84. The molecule has 4 aromatic rings. The molecule has 0 aliphatic heterocycles. The molecule has 4 rings (SSSR count). The highest BCUT2D eigenvalue weighted by Gasteiger charge is 2.11. The number of imidazole rings is 1. The van der Waals surface area contributed by atoms with Crippen LogP contribution in [0.3, 0.4) is 0 Å². The van der Waals surface area contributed by atoms with Crippen LogP contribution in [0.25, 0.3) is 33.2 Å². The summed E-state index contributed by atoms with van der Waals surface area (Å²) in [5.74, 6) is 0.886. The summed E-state index contributed by atoms with van der Waals surface area (Å²) in [6.07, 6.45) is 0. The van der Waals surface area contributed by atoms with Gasteiger partial charge >= 0.3 is 0 Å². The van der Waals surface area contributed by atoms with E-state index in [0.29, 0.717) is 0 Å². The number of H-pyrrole nitrogens is 1. The van der Waals surface area contributed by atoms with Crippen LogP contribution in [-0.2, 0) is 0 Å². The van der Waals surface area contributed by atoms with E-state index in [0.717, 1.165) is 38.2 Å². The smallest absolute Gasteiger partial charge is 0.139 e. The molecule has 0 saturated carbocycles. The van der Waals surface area contributed by atoms with Gasteiger partial charge in [-0.3, -0.25) is 0 Å². The van der Waals surface area contributed by atoms with Gasteiger partial charge < -0.3 is 4.98 Å². The Bertz CT molecular complexity index is 1010. The third kappa shape index (κ3) is 1.99. The van der Waals surface area contributed by atoms with Crippen LogP contribution in [0.2, 0.25) is 5.02 Å². The van der Waals surface area contributed by atoms with Crippen molar-refractivity contribution in [1.82, 2.24) is 9.97 Å². The third-order valence-electron chi connectivity index (χ3n) is 4.05. The fourth-order valence-electron chi connectivity index (χ4n) is 3.08. The van der Waals surface area contributed by atoms with E-state index in [1.54, 1.807) is 0 Å². The molecule has 1 aromatic heterocycles. The Kier molecular flexibility index (Phi) is 2.95. The van der Waals surface area contributed by atoms with Crippen LogP contribution in [0.15, 0.2) is 48.5 Å². The van der Waals surface area contributed by atoms with Crippen molar-refractivity contribution in [3.63, 3.8) is 0 Å². The van der Waals surface area contributed by atoms with Crippen LogP contribution in [0.4, 0.5) is 0 Å². The van der Waals surface area contributed by atoms with Gasteiger partial charge in [0.1, 0.15) is 5.82 Å². The Hall–Kier alpha value is -2.32. The molecule has 0 aliphatic carbocycles. The van der Waals surface area contributed by atoms with Gasteiger partial charge in [-0.2, -0.15) is 0 Å². The van der Waals surface area contributed by atoms with Crippen molar-refractivity contribution in [3.8, 4) is 11.4 Å². The molecule has 0 spiro atoms. The maximum Gasteiger partial charge on any atom is 0.139 e. The summed E-state index contributed by atoms with van der Waals surface area (Å²) in [4.78, 5) is 8.26. The minimum absolute atomic E-state index is 0.766. The molecule has 0 aliphatic rings. The van der Waals surface area contributed by atoms with E-state index in [1.807, 2.05) is 24.3 Å². The second kappa shape index (κ2) is 4.85. The lowest BCUT2D eigenvalue weighted by Gasteiger charge is -2.05. The number of nitrogens with one attached hydrogen (secondary N) is 1. The van der Waals surface area contributed by atoms with E-state index in [-0.39, 0.29) is 0 Å². The second-order valence-electron chi connectivity index (χ2n) is 5.70. The van der Waals surface area contributed by atoms with Crippen LogP contribution in [-0.4, -0.2) is 9.97 Å². The van der Waals surface area contributed by atoms with Gasteiger partial charge in [0, 0.05) is 16.0 Å². The highest BCUT2D eigenvalue weighted by Crippen LogP contribution is 2.32. The van der Waals surface area contributed by atoms with Crippen molar-refractivity contribution in [2.45, 2.75) is 13.8 Å². The topological polar surface area (TPSA) is 28.7 Å². The summed E-state index contributed by atoms with van der Waals surface area (Å²) in [5, 5.41) is 2.93. The predicted octanol–water partition coefficient (Wildman–Crippen LogP) is 5.65. The summed E-state index contributed by atoms with van der Waals surface area (Å²) < 4.78 is 0. The van der Waals surface area contributed by atoms with Crippen LogP contribution in [0.5, 0.6) is 0 Å². The number of hydrogen-bond acceptors (Lipinski definition) is 1. The van der Waals surface area contributed by atoms with Crippen molar-refractivity contribution in [2.24, 2.45) is 0 Å². The highest BCUT2D eigenvalue weighted by atomic mass is 35.5. The predicted molar refractivity (Wildman–Crippen MR) is 93.5 cm³/mol. The van der Waals surface area contributed by atoms with E-state index in [1.165, 1.54) is 11.1 Å². The van der Waals surface area contributed by atoms with Gasteiger partial charge in [-0.05, 0) is 42.5 Å². The zero-order valence-electron chi connectivity index (χ0n) is 12.4. The molecule has 2 nitrogen and oxygen atoms in total. The average Bonchev–Trinajstić information content (AvgIpc) is 2.91. The number of aryl methyl sites for hydroxylation is 2. The number of fused-ring (bicyclic) bond motifs is 2. The van der Waals surface area contributed by atoms with Crippen LogP contribution >= 0.6 is 11.6 Å². The molecule has 0 radical (unpaired) electrons. The number of hydrogen-bond donors (Lipinski definition) is 1. The zero-order valence-corrected chi connectivity index (χ0v) is 13.2. The second-order valence-corrected chi connectivity index (χ2v) is 6.11. The first-order valence-corrected chi connectivity index (χ1v) is 7.66. The summed E-state index contributed by atoms with van der Waals surface area (Å²) in [6.45, 7) is 4.20. The fourth-order valence-corrected chi connectivity index (χ4v) is 3.31. The lowest BCUT2D eigenvalue weighted by molar-refractivity contribution is 1.34. The summed E-state index contributed by atoms with van der Waals surface area (Å²) in [6, 6.07) is 16.4. The molecule has 3 heteroatoms. The minimum atomic E-state index is 0.766. The Morgan fingerprint density at radius 2 is 1.73 bits per heavy atom. The number of nitrogens with zero attached hydrogens (tertiary/aromatic N) is 1. The van der Waals surface area contributed by atoms with Crippen molar-refractivity contribution in [1.29, 1.82) is 0 Å². The summed E-state index contributed by atoms with van der Waals surface area (Å²) in [5.41, 5.74) is 5.61. The SMILES string of the molecule is Cc1cc(C)c2nc(-c3cccc4c(Cl)cccc34)[nH]c2c1. The molecule has 0 fully saturated rings. The molecule has 3 aromatic carbocycles. The maximum atomic E-state index is 6.31. The van der Waals surface area contributed by atoms with Crippen molar-refractivity contribution in [3.05, 3.63) is 64.7 Å². The largest absolute Gasteiger partial charge is 0.338 e. The van der Waals surface area contributed by atoms with Gasteiger partial charge in [0.05, 0.1) is 11.0 Å². The van der Waals surface area contributed by atoms with E-state index in [4.69, 9.17) is 16.6 Å². The van der Waals surface area contributed by atoms with Gasteiger partial charge in [-0.25, -0.2) is 4.98 Å². The summed E-state index contributed by atoms with van der Waals surface area (Å²) in [7, 11) is 0. The first kappa shape index (κ1) is 13.4. The molecule has 1 N–H and O–H groups in total. The molecular formula is C19H15ClN2. The number of rotatable bonds is 1. The Morgan fingerprint density at radius 1 is 0.955 bits per heavy atom. The van der Waals surface area contributed by atoms with Crippen molar-refractivity contribution in [2.75, 3.05) is 0 Å². The van der Waals surface area contributed by atoms with Gasteiger partial charge in [0.25, 0.3) is 0 Å². The van der Waals surface area contributed by atoms with Gasteiger partial charge in [0.15, 0.2) is 0 Å². The first-order valence-electron chi connectivity index (χ1n) is 7.28. The Balaban J connectivity index is 2.03. The normalized spacial score (nSPS) is 11.4. The molecule has 0 saturated heterocycles. The zero-order chi connectivity index (χ0) is 15.3. The Morgan fingerprint density at radius 3 is 2.59 bits per heavy atom. The van der Waals surface area contributed by atoms with E-state index < -0.39 is 0 Å². The molecule has 1 heterocycles. The van der Waals surface area contributed by atoms with Crippen LogP contribution in [0, 0.1) is 13.8 Å².